The lowest BCUT2D eigenvalue weighted by atomic mass is 9.66. The van der Waals surface area contributed by atoms with Crippen LogP contribution in [-0.4, -0.2) is 54.3 Å². The third-order valence-electron chi connectivity index (χ3n) is 8.89. The highest BCUT2D eigenvalue weighted by molar-refractivity contribution is 6.07. The molecule has 2 aromatic carbocycles. The van der Waals surface area contributed by atoms with Gasteiger partial charge < -0.3 is 10.2 Å². The summed E-state index contributed by atoms with van der Waals surface area (Å²) in [6, 6.07) is 9.46. The molecule has 2 aromatic heterocycles. The number of likely N-dealkylation sites (tertiary alicyclic amines) is 1. The first-order chi connectivity index (χ1) is 20.1. The summed E-state index contributed by atoms with van der Waals surface area (Å²) in [6.07, 6.45) is 5.78. The Hall–Kier alpha value is -4.47. The Kier molecular flexibility index (Phi) is 6.87. The maximum atomic E-state index is 14.2. The van der Waals surface area contributed by atoms with Crippen LogP contribution in [0.4, 0.5) is 4.39 Å². The number of halogens is 1. The zero-order valence-electron chi connectivity index (χ0n) is 24.1. The first-order valence-corrected chi connectivity index (χ1v) is 14.2. The molecule has 0 spiro atoms. The molecule has 42 heavy (non-hydrogen) atoms. The lowest BCUT2D eigenvalue weighted by molar-refractivity contribution is -0.143. The van der Waals surface area contributed by atoms with E-state index in [-0.39, 0.29) is 53.7 Å². The van der Waals surface area contributed by atoms with E-state index in [4.69, 9.17) is 0 Å². The lowest BCUT2D eigenvalue weighted by Crippen LogP contribution is -2.53. The molecular formula is C32H33FN6O3. The second-order valence-corrected chi connectivity index (χ2v) is 11.8. The molecule has 0 radical (unpaired) electrons. The van der Waals surface area contributed by atoms with Crippen LogP contribution in [0.25, 0.3) is 22.0 Å². The molecule has 1 N–H and O–H groups in total. The van der Waals surface area contributed by atoms with Crippen LogP contribution in [0.2, 0.25) is 0 Å². The SMILES string of the molecule is CC(=O)c1nn(CC(=O)N2[C@H](C(=O)NCc3ccccc3F)C[C@@]3(C)CC[C@@H]23)c2c(C)cc(-c3cnc(C)nc3)cc12. The minimum absolute atomic E-state index is 0.0464. The smallest absolute Gasteiger partial charge is 0.245 e. The van der Waals surface area contributed by atoms with Crippen LogP contribution >= 0.6 is 0 Å². The fourth-order valence-corrected chi connectivity index (χ4v) is 6.56. The van der Waals surface area contributed by atoms with Crippen LogP contribution in [0.5, 0.6) is 0 Å². The molecule has 10 heteroatoms. The van der Waals surface area contributed by atoms with Crippen molar-refractivity contribution >= 4 is 28.5 Å². The van der Waals surface area contributed by atoms with Crippen molar-refractivity contribution in [2.75, 3.05) is 0 Å². The van der Waals surface area contributed by atoms with Crippen molar-refractivity contribution in [1.29, 1.82) is 0 Å². The molecule has 216 valence electrons. The number of Topliss-reactive ketones (excluding diaryl/α,β-unsaturated/α-hetero) is 1. The van der Waals surface area contributed by atoms with E-state index >= 15 is 0 Å². The van der Waals surface area contributed by atoms with Crippen LogP contribution in [0, 0.1) is 25.1 Å². The average Bonchev–Trinajstić information content (AvgIpc) is 3.41. The third kappa shape index (κ3) is 4.74. The monoisotopic (exact) mass is 568 g/mol. The van der Waals surface area contributed by atoms with Crippen LogP contribution in [0.3, 0.4) is 0 Å². The van der Waals surface area contributed by atoms with E-state index in [0.29, 0.717) is 28.7 Å². The summed E-state index contributed by atoms with van der Waals surface area (Å²) in [5.74, 6) is -0.455. The van der Waals surface area contributed by atoms with Gasteiger partial charge in [0.05, 0.1) is 5.52 Å². The number of nitrogens with one attached hydrogen (secondary N) is 1. The van der Waals surface area contributed by atoms with Gasteiger partial charge in [-0.15, -0.1) is 0 Å². The molecule has 3 heterocycles. The standard InChI is InChI=1S/C32H33FN6O3/c1-18-11-22(23-15-34-20(3)35-16-23)12-24-29(19(2)40)37-38(30(18)24)17-28(41)39-26(13-32(4)10-9-27(32)39)31(42)36-14-21-7-5-6-8-25(21)33/h5-8,11-12,15-16,26-27H,9-10,13-14,17H2,1-4H3,(H,36,42)/t26-,27+,32+/m0/s1. The molecule has 1 saturated heterocycles. The Morgan fingerprint density at radius 3 is 2.50 bits per heavy atom. The summed E-state index contributed by atoms with van der Waals surface area (Å²) < 4.78 is 15.7. The molecule has 3 atom stereocenters. The van der Waals surface area contributed by atoms with Crippen LogP contribution < -0.4 is 5.32 Å². The number of hydrogen-bond donors (Lipinski definition) is 1. The van der Waals surface area contributed by atoms with Gasteiger partial charge >= 0.3 is 0 Å². The van der Waals surface area contributed by atoms with Crippen molar-refractivity contribution in [2.24, 2.45) is 5.41 Å². The van der Waals surface area contributed by atoms with Crippen molar-refractivity contribution in [3.8, 4) is 11.1 Å². The van der Waals surface area contributed by atoms with Gasteiger partial charge in [0.1, 0.15) is 29.9 Å². The highest BCUT2D eigenvalue weighted by Gasteiger charge is 2.58. The van der Waals surface area contributed by atoms with E-state index in [9.17, 15) is 18.8 Å². The summed E-state index contributed by atoms with van der Waals surface area (Å²) in [5.41, 5.74) is 3.74. The van der Waals surface area contributed by atoms with Crippen molar-refractivity contribution in [3.63, 3.8) is 0 Å². The first kappa shape index (κ1) is 27.7. The van der Waals surface area contributed by atoms with Crippen molar-refractivity contribution in [2.45, 2.75) is 72.1 Å². The molecule has 1 aliphatic heterocycles. The van der Waals surface area contributed by atoms with Crippen LogP contribution in [0.1, 0.15) is 60.5 Å². The van der Waals surface area contributed by atoms with E-state index in [0.717, 1.165) is 29.5 Å². The van der Waals surface area contributed by atoms with E-state index in [1.165, 1.54) is 13.0 Å². The quantitative estimate of drug-likeness (QED) is 0.328. The lowest BCUT2D eigenvalue weighted by Gasteiger charge is -2.44. The van der Waals surface area contributed by atoms with E-state index in [1.54, 1.807) is 40.2 Å². The highest BCUT2D eigenvalue weighted by atomic mass is 19.1. The van der Waals surface area contributed by atoms with Gasteiger partial charge in [0.15, 0.2) is 5.78 Å². The third-order valence-corrected chi connectivity index (χ3v) is 8.89. The van der Waals surface area contributed by atoms with E-state index in [2.05, 4.69) is 27.3 Å². The number of carbonyl (C=O) groups excluding carboxylic acids is 3. The van der Waals surface area contributed by atoms with Gasteiger partial charge in [-0.25, -0.2) is 14.4 Å². The molecular weight excluding hydrogens is 535 g/mol. The Morgan fingerprint density at radius 1 is 1.10 bits per heavy atom. The van der Waals surface area contributed by atoms with Gasteiger partial charge in [-0.1, -0.05) is 25.1 Å². The maximum Gasteiger partial charge on any atom is 0.245 e. The predicted octanol–water partition coefficient (Wildman–Crippen LogP) is 4.54. The number of hydrogen-bond acceptors (Lipinski definition) is 6. The number of rotatable bonds is 7. The zero-order chi connectivity index (χ0) is 29.8. The summed E-state index contributed by atoms with van der Waals surface area (Å²) in [7, 11) is 0. The number of fused-ring (bicyclic) bond motifs is 2. The molecule has 2 fully saturated rings. The average molecular weight is 569 g/mol. The van der Waals surface area contributed by atoms with Gasteiger partial charge in [-0.3, -0.25) is 19.1 Å². The number of ketones is 1. The first-order valence-electron chi connectivity index (χ1n) is 14.2. The Morgan fingerprint density at radius 2 is 1.83 bits per heavy atom. The second kappa shape index (κ2) is 10.4. The highest BCUT2D eigenvalue weighted by Crippen LogP contribution is 2.54. The minimum atomic E-state index is -0.662. The van der Waals surface area contributed by atoms with E-state index in [1.807, 2.05) is 26.0 Å². The number of aryl methyl sites for hydroxylation is 2. The summed E-state index contributed by atoms with van der Waals surface area (Å²) in [5, 5.41) is 8.09. The van der Waals surface area contributed by atoms with Gasteiger partial charge in [0, 0.05) is 48.4 Å². The largest absolute Gasteiger partial charge is 0.350 e. The molecule has 4 aromatic rings. The van der Waals surface area contributed by atoms with Crippen molar-refractivity contribution in [1.82, 2.24) is 30.0 Å². The topological polar surface area (TPSA) is 110 Å². The Balaban J connectivity index is 1.30. The number of nitrogens with zero attached hydrogens (tertiary/aromatic N) is 5. The van der Waals surface area contributed by atoms with Crippen LogP contribution in [0.15, 0.2) is 48.8 Å². The fourth-order valence-electron chi connectivity index (χ4n) is 6.56. The number of aromatic nitrogens is 4. The molecule has 2 aliphatic rings. The Bertz CT molecular complexity index is 1730. The zero-order valence-corrected chi connectivity index (χ0v) is 24.1. The van der Waals surface area contributed by atoms with Gasteiger partial charge in [0.25, 0.3) is 0 Å². The summed E-state index contributed by atoms with van der Waals surface area (Å²) >= 11 is 0. The van der Waals surface area contributed by atoms with Gasteiger partial charge in [-0.05, 0) is 67.9 Å². The second-order valence-electron chi connectivity index (χ2n) is 11.8. The molecule has 0 unspecified atom stereocenters. The minimum Gasteiger partial charge on any atom is -0.350 e. The molecule has 2 amide bonds. The number of carbonyl (C=O) groups is 3. The van der Waals surface area contributed by atoms with E-state index < -0.39 is 6.04 Å². The predicted molar refractivity (Wildman–Crippen MR) is 155 cm³/mol. The van der Waals surface area contributed by atoms with Crippen molar-refractivity contribution < 1.29 is 18.8 Å². The molecule has 1 saturated carbocycles. The summed E-state index contributed by atoms with van der Waals surface area (Å²) in [4.78, 5) is 50.3. The Labute approximate surface area is 243 Å². The number of amides is 2. The van der Waals surface area contributed by atoms with Gasteiger partial charge in [-0.2, -0.15) is 5.10 Å². The fraction of sp³-hybridized carbons (Fsp3) is 0.375. The van der Waals surface area contributed by atoms with Gasteiger partial charge in [0.2, 0.25) is 11.8 Å². The number of benzene rings is 2. The molecule has 6 rings (SSSR count). The van der Waals surface area contributed by atoms with Crippen LogP contribution in [-0.2, 0) is 22.7 Å². The molecule has 9 nitrogen and oxygen atoms in total. The normalized spacial score (nSPS) is 21.2. The molecule has 1 aliphatic carbocycles. The molecule has 0 bridgehead atoms. The maximum absolute atomic E-state index is 14.2. The van der Waals surface area contributed by atoms with Crippen molar-refractivity contribution in [3.05, 3.63) is 77.3 Å². The summed E-state index contributed by atoms with van der Waals surface area (Å²) in [6.45, 7) is 7.25.